The number of ketones is 1. The maximum atomic E-state index is 13.1. The first-order valence-corrected chi connectivity index (χ1v) is 9.71. The van der Waals surface area contributed by atoms with Crippen LogP contribution in [0.2, 0.25) is 0 Å². The second kappa shape index (κ2) is 6.54. The van der Waals surface area contributed by atoms with E-state index in [2.05, 4.69) is 6.07 Å². The highest BCUT2D eigenvalue weighted by Crippen LogP contribution is 2.54. The number of nitriles is 1. The molecule has 0 unspecified atom stereocenters. The number of Topliss-reactive ketones (excluding diaryl/α,β-unsaturated/α-hetero) is 1. The molecular weight excluding hydrogens is 358 g/mol. The summed E-state index contributed by atoms with van der Waals surface area (Å²) >= 11 is 0. The van der Waals surface area contributed by atoms with Crippen LogP contribution < -0.4 is 5.73 Å². The van der Waals surface area contributed by atoms with E-state index in [4.69, 9.17) is 15.2 Å². The second-order valence-electron chi connectivity index (χ2n) is 9.74. The van der Waals surface area contributed by atoms with Crippen LogP contribution >= 0.6 is 0 Å². The molecule has 1 aliphatic carbocycles. The van der Waals surface area contributed by atoms with Crippen LogP contribution in [0, 0.1) is 22.2 Å². The van der Waals surface area contributed by atoms with Gasteiger partial charge in [-0.1, -0.05) is 13.8 Å². The Labute approximate surface area is 166 Å². The van der Waals surface area contributed by atoms with Gasteiger partial charge in [-0.05, 0) is 39.0 Å². The monoisotopic (exact) mass is 387 g/mol. The fourth-order valence-electron chi connectivity index (χ4n) is 4.49. The Hall–Kier alpha value is -2.49. The largest absolute Gasteiger partial charge is 0.444 e. The van der Waals surface area contributed by atoms with E-state index in [1.165, 1.54) is 0 Å². The molecule has 1 amide bonds. The summed E-state index contributed by atoms with van der Waals surface area (Å²) in [5.41, 5.74) is 5.43. The number of nitrogens with two attached hydrogens (primary N) is 1. The number of hydrogen-bond acceptors (Lipinski definition) is 6. The number of rotatable bonds is 0. The number of carbonyl (C=O) groups is 2. The highest BCUT2D eigenvalue weighted by atomic mass is 16.6. The molecular formula is C21H29N3O4. The second-order valence-corrected chi connectivity index (χ2v) is 9.74. The molecule has 1 saturated heterocycles. The first kappa shape index (κ1) is 20.2. The van der Waals surface area contributed by atoms with E-state index in [0.717, 1.165) is 0 Å². The summed E-state index contributed by atoms with van der Waals surface area (Å²) < 4.78 is 11.2. The average molecular weight is 387 g/mol. The Morgan fingerprint density at radius 3 is 2.39 bits per heavy atom. The number of fused-ring (bicyclic) bond motifs is 1. The summed E-state index contributed by atoms with van der Waals surface area (Å²) in [5.74, 6) is 0.679. The number of carbonyl (C=O) groups excluding carboxylic acids is 2. The van der Waals surface area contributed by atoms with Crippen LogP contribution in [0.5, 0.6) is 0 Å². The first-order valence-electron chi connectivity index (χ1n) is 9.71. The van der Waals surface area contributed by atoms with Gasteiger partial charge in [0.25, 0.3) is 0 Å². The van der Waals surface area contributed by atoms with E-state index in [9.17, 15) is 14.9 Å². The molecule has 7 heteroatoms. The minimum Gasteiger partial charge on any atom is -0.444 e. The molecule has 3 aliphatic rings. The van der Waals surface area contributed by atoms with Gasteiger partial charge < -0.3 is 20.1 Å². The van der Waals surface area contributed by atoms with Crippen LogP contribution in [0.1, 0.15) is 60.3 Å². The molecule has 1 spiro atoms. The van der Waals surface area contributed by atoms with E-state index < -0.39 is 11.0 Å². The number of hydrogen-bond donors (Lipinski definition) is 1. The molecule has 2 heterocycles. The molecule has 0 bridgehead atoms. The van der Waals surface area contributed by atoms with Crippen LogP contribution in [0.3, 0.4) is 0 Å². The van der Waals surface area contributed by atoms with Gasteiger partial charge in [-0.2, -0.15) is 5.26 Å². The van der Waals surface area contributed by atoms with Crippen LogP contribution in [0.15, 0.2) is 22.8 Å². The van der Waals surface area contributed by atoms with Crippen molar-refractivity contribution in [1.29, 1.82) is 5.26 Å². The van der Waals surface area contributed by atoms with Crippen molar-refractivity contribution in [3.05, 3.63) is 22.8 Å². The van der Waals surface area contributed by atoms with Crippen molar-refractivity contribution in [2.45, 2.75) is 65.9 Å². The molecule has 0 radical (unpaired) electrons. The number of likely N-dealkylation sites (tertiary alicyclic amines) is 1. The average Bonchev–Trinajstić information content (AvgIpc) is 2.52. The molecule has 7 nitrogen and oxygen atoms in total. The lowest BCUT2D eigenvalue weighted by Crippen LogP contribution is -2.50. The topological polar surface area (TPSA) is 106 Å². The van der Waals surface area contributed by atoms with Crippen LogP contribution in [-0.2, 0) is 14.3 Å². The Balaban J connectivity index is 1.93. The highest BCUT2D eigenvalue weighted by molar-refractivity contribution is 5.99. The lowest BCUT2D eigenvalue weighted by molar-refractivity contribution is -0.120. The van der Waals surface area contributed by atoms with Crippen molar-refractivity contribution in [2.75, 3.05) is 13.1 Å². The van der Waals surface area contributed by atoms with Crippen molar-refractivity contribution in [2.24, 2.45) is 16.6 Å². The summed E-state index contributed by atoms with van der Waals surface area (Å²) in [5, 5.41) is 9.78. The SMILES string of the molecule is CC1(C)CC(=O)C2=C(C1)OC(N)=C(C#N)C21CCN(C(=O)OC(C)(C)C)CC1. The van der Waals surface area contributed by atoms with Crippen molar-refractivity contribution < 1.29 is 19.1 Å². The molecule has 0 saturated carbocycles. The summed E-state index contributed by atoms with van der Waals surface area (Å²) in [7, 11) is 0. The molecule has 3 rings (SSSR count). The molecule has 28 heavy (non-hydrogen) atoms. The van der Waals surface area contributed by atoms with E-state index in [1.54, 1.807) is 4.90 Å². The minimum absolute atomic E-state index is 0.0113. The quantitative estimate of drug-likeness (QED) is 0.683. The van der Waals surface area contributed by atoms with Gasteiger partial charge in [0.15, 0.2) is 5.78 Å². The predicted molar refractivity (Wildman–Crippen MR) is 102 cm³/mol. The zero-order valence-electron chi connectivity index (χ0n) is 17.3. The van der Waals surface area contributed by atoms with Gasteiger partial charge in [-0.25, -0.2) is 4.79 Å². The normalized spacial score (nSPS) is 23.9. The van der Waals surface area contributed by atoms with Crippen molar-refractivity contribution >= 4 is 11.9 Å². The van der Waals surface area contributed by atoms with E-state index in [-0.39, 0.29) is 23.2 Å². The van der Waals surface area contributed by atoms with E-state index in [1.807, 2.05) is 34.6 Å². The van der Waals surface area contributed by atoms with Crippen molar-refractivity contribution in [3.8, 4) is 6.07 Å². The number of allylic oxidation sites excluding steroid dienone is 3. The van der Waals surface area contributed by atoms with Gasteiger partial charge in [-0.3, -0.25) is 4.79 Å². The zero-order valence-corrected chi connectivity index (χ0v) is 17.3. The van der Waals surface area contributed by atoms with Gasteiger partial charge in [0.1, 0.15) is 23.0 Å². The fraction of sp³-hybridized carbons (Fsp3) is 0.667. The number of ether oxygens (including phenoxy) is 2. The Kier molecular flexibility index (Phi) is 4.73. The first-order chi connectivity index (χ1) is 12.9. The maximum Gasteiger partial charge on any atom is 0.410 e. The van der Waals surface area contributed by atoms with Gasteiger partial charge in [0, 0.05) is 36.9 Å². The third kappa shape index (κ3) is 3.48. The summed E-state index contributed by atoms with van der Waals surface area (Å²) in [6, 6.07) is 2.18. The molecule has 2 aliphatic heterocycles. The number of nitrogens with zero attached hydrogens (tertiary/aromatic N) is 2. The third-order valence-corrected chi connectivity index (χ3v) is 5.65. The Morgan fingerprint density at radius 2 is 1.86 bits per heavy atom. The zero-order chi connectivity index (χ0) is 20.9. The fourth-order valence-corrected chi connectivity index (χ4v) is 4.49. The Morgan fingerprint density at radius 1 is 1.25 bits per heavy atom. The minimum atomic E-state index is -0.779. The summed E-state index contributed by atoms with van der Waals surface area (Å²) in [6.07, 6.45) is 1.53. The lowest BCUT2D eigenvalue weighted by Gasteiger charge is -2.47. The third-order valence-electron chi connectivity index (χ3n) is 5.65. The van der Waals surface area contributed by atoms with Crippen LogP contribution in [0.4, 0.5) is 4.79 Å². The Bertz CT molecular complexity index is 816. The molecule has 0 aromatic rings. The van der Waals surface area contributed by atoms with Crippen molar-refractivity contribution in [3.63, 3.8) is 0 Å². The molecule has 0 atom stereocenters. The summed E-state index contributed by atoms with van der Waals surface area (Å²) in [4.78, 5) is 27.1. The number of piperidine rings is 1. The standard InChI is InChI=1S/C21H29N3O4/c1-19(2,3)28-18(26)24-8-6-21(7-9-24)13(12-22)17(23)27-15-11-20(4,5)10-14(25)16(15)21/h6-11,23H2,1-5H3. The van der Waals surface area contributed by atoms with Gasteiger partial charge >= 0.3 is 6.09 Å². The number of amides is 1. The van der Waals surface area contributed by atoms with Gasteiger partial charge in [-0.15, -0.1) is 0 Å². The molecule has 0 aromatic heterocycles. The molecule has 0 aromatic carbocycles. The smallest absolute Gasteiger partial charge is 0.410 e. The molecule has 1 fully saturated rings. The summed E-state index contributed by atoms with van der Waals surface area (Å²) in [6.45, 7) is 10.3. The molecule has 152 valence electrons. The van der Waals surface area contributed by atoms with E-state index >= 15 is 0 Å². The highest BCUT2D eigenvalue weighted by Gasteiger charge is 2.53. The maximum absolute atomic E-state index is 13.1. The van der Waals surface area contributed by atoms with Crippen LogP contribution in [0.25, 0.3) is 0 Å². The van der Waals surface area contributed by atoms with E-state index in [0.29, 0.717) is 55.7 Å². The lowest BCUT2D eigenvalue weighted by atomic mass is 9.61. The predicted octanol–water partition coefficient (Wildman–Crippen LogP) is 3.37. The van der Waals surface area contributed by atoms with Crippen LogP contribution in [-0.4, -0.2) is 35.5 Å². The van der Waals surface area contributed by atoms with Gasteiger partial charge in [0.2, 0.25) is 5.88 Å². The van der Waals surface area contributed by atoms with Crippen molar-refractivity contribution in [1.82, 2.24) is 4.90 Å². The van der Waals surface area contributed by atoms with Gasteiger partial charge in [0.05, 0.1) is 0 Å². The molecule has 2 N–H and O–H groups in total.